The predicted molar refractivity (Wildman–Crippen MR) is 40.0 cm³/mol. The molecule has 0 aliphatic carbocycles. The molecule has 12 heavy (non-hydrogen) atoms. The second-order valence-corrected chi connectivity index (χ2v) is 3.87. The summed E-state index contributed by atoms with van der Waals surface area (Å²) in [7, 11) is -3.76. The maximum atomic E-state index is 10.9. The molecule has 2 N–H and O–H groups in total. The largest absolute Gasteiger partial charge is 0.377 e. The van der Waals surface area contributed by atoms with Gasteiger partial charge in [0, 0.05) is 6.54 Å². The Bertz CT molecular complexity index is 294. The van der Waals surface area contributed by atoms with E-state index >= 15 is 0 Å². The molecule has 1 unspecified atom stereocenters. The topological polar surface area (TPSA) is 96.4 Å². The Balaban J connectivity index is 2.81. The molecule has 1 rings (SSSR count). The molecule has 1 aliphatic rings. The molecule has 68 valence electrons. The molecule has 0 bridgehead atoms. The van der Waals surface area contributed by atoms with E-state index in [1.54, 1.807) is 6.07 Å². The number of hydrogen-bond donors (Lipinski definition) is 1. The van der Waals surface area contributed by atoms with Gasteiger partial charge in [0.2, 0.25) is 0 Å². The number of rotatable bonds is 1. The van der Waals surface area contributed by atoms with E-state index in [0.717, 1.165) is 4.31 Å². The highest BCUT2D eigenvalue weighted by atomic mass is 32.2. The van der Waals surface area contributed by atoms with E-state index in [1.807, 2.05) is 0 Å². The molecular formula is C5H9N3O3S. The third-order valence-corrected chi connectivity index (χ3v) is 2.65. The summed E-state index contributed by atoms with van der Waals surface area (Å²) in [6, 6.07) is 1.02. The normalized spacial score (nSPS) is 26.5. The zero-order valence-electron chi connectivity index (χ0n) is 6.30. The van der Waals surface area contributed by atoms with Crippen LogP contribution in [0.4, 0.5) is 0 Å². The van der Waals surface area contributed by atoms with Gasteiger partial charge in [0.1, 0.15) is 6.04 Å². The van der Waals surface area contributed by atoms with Crippen LogP contribution in [0.15, 0.2) is 0 Å². The highest BCUT2D eigenvalue weighted by molar-refractivity contribution is 7.86. The van der Waals surface area contributed by atoms with Crippen LogP contribution in [-0.2, 0) is 14.9 Å². The summed E-state index contributed by atoms with van der Waals surface area (Å²) in [5.74, 6) is 0. The summed E-state index contributed by atoms with van der Waals surface area (Å²) in [4.78, 5) is 0. The fourth-order valence-corrected chi connectivity index (χ4v) is 1.79. The highest BCUT2D eigenvalue weighted by Gasteiger charge is 2.30. The van der Waals surface area contributed by atoms with Crippen LogP contribution in [0.25, 0.3) is 0 Å². The Kier molecular flexibility index (Phi) is 2.64. The maximum Gasteiger partial charge on any atom is 0.278 e. The van der Waals surface area contributed by atoms with Gasteiger partial charge >= 0.3 is 0 Å². The van der Waals surface area contributed by atoms with Crippen molar-refractivity contribution in [1.29, 1.82) is 5.26 Å². The number of nitrogens with two attached hydrogens (primary N) is 1. The number of nitrogens with zero attached hydrogens (tertiary/aromatic N) is 2. The van der Waals surface area contributed by atoms with E-state index in [2.05, 4.69) is 0 Å². The molecule has 1 saturated heterocycles. The second kappa shape index (κ2) is 3.37. The van der Waals surface area contributed by atoms with Gasteiger partial charge in [-0.1, -0.05) is 0 Å². The standard InChI is InChI=1S/C5H9N3O3S/c6-3-5-4-11-2-1-8(5)12(7,9)10/h5H,1-2,4H2,(H2,7,9,10). The maximum absolute atomic E-state index is 10.9. The van der Waals surface area contributed by atoms with Crippen molar-refractivity contribution in [3.8, 4) is 6.07 Å². The van der Waals surface area contributed by atoms with Gasteiger partial charge in [0.05, 0.1) is 19.3 Å². The minimum Gasteiger partial charge on any atom is -0.377 e. The Morgan fingerprint density at radius 2 is 2.33 bits per heavy atom. The molecule has 0 aromatic heterocycles. The first kappa shape index (κ1) is 9.41. The van der Waals surface area contributed by atoms with Gasteiger partial charge in [-0.15, -0.1) is 0 Å². The fourth-order valence-electron chi connectivity index (χ4n) is 0.995. The fraction of sp³-hybridized carbons (Fsp3) is 0.800. The average Bonchev–Trinajstić information content (AvgIpc) is 2.03. The molecule has 6 nitrogen and oxygen atoms in total. The molecule has 1 fully saturated rings. The summed E-state index contributed by atoms with van der Waals surface area (Å²) < 4.78 is 27.6. The van der Waals surface area contributed by atoms with E-state index in [1.165, 1.54) is 0 Å². The first-order valence-corrected chi connectivity index (χ1v) is 4.83. The van der Waals surface area contributed by atoms with E-state index < -0.39 is 16.3 Å². The zero-order valence-corrected chi connectivity index (χ0v) is 7.12. The predicted octanol–water partition coefficient (Wildman–Crippen LogP) is -1.59. The SMILES string of the molecule is N#CC1COCCN1S(N)(=O)=O. The lowest BCUT2D eigenvalue weighted by molar-refractivity contribution is 0.0512. The minimum atomic E-state index is -3.76. The molecule has 0 saturated carbocycles. The van der Waals surface area contributed by atoms with Crippen LogP contribution in [-0.4, -0.2) is 38.5 Å². The Morgan fingerprint density at radius 3 is 2.75 bits per heavy atom. The molecular weight excluding hydrogens is 182 g/mol. The van der Waals surface area contributed by atoms with Gasteiger partial charge < -0.3 is 4.74 Å². The molecule has 1 aliphatic heterocycles. The Hall–Kier alpha value is -0.680. The van der Waals surface area contributed by atoms with Gasteiger partial charge in [-0.05, 0) is 0 Å². The second-order valence-electron chi connectivity index (χ2n) is 2.38. The molecule has 0 aromatic carbocycles. The van der Waals surface area contributed by atoms with Crippen molar-refractivity contribution in [3.63, 3.8) is 0 Å². The Morgan fingerprint density at radius 1 is 1.67 bits per heavy atom. The van der Waals surface area contributed by atoms with Gasteiger partial charge in [-0.2, -0.15) is 18.0 Å². The minimum absolute atomic E-state index is 0.0902. The lowest BCUT2D eigenvalue weighted by Gasteiger charge is -2.28. The van der Waals surface area contributed by atoms with Crippen LogP contribution in [0.1, 0.15) is 0 Å². The smallest absolute Gasteiger partial charge is 0.278 e. The molecule has 0 amide bonds. The molecule has 1 heterocycles. The van der Waals surface area contributed by atoms with Crippen molar-refractivity contribution in [3.05, 3.63) is 0 Å². The van der Waals surface area contributed by atoms with Crippen LogP contribution in [0.2, 0.25) is 0 Å². The van der Waals surface area contributed by atoms with E-state index in [0.29, 0.717) is 0 Å². The van der Waals surface area contributed by atoms with Gasteiger partial charge in [-0.3, -0.25) is 0 Å². The van der Waals surface area contributed by atoms with Crippen LogP contribution >= 0.6 is 0 Å². The van der Waals surface area contributed by atoms with Crippen LogP contribution in [0.3, 0.4) is 0 Å². The van der Waals surface area contributed by atoms with E-state index in [4.69, 9.17) is 15.1 Å². The molecule has 0 aromatic rings. The number of hydrogen-bond acceptors (Lipinski definition) is 4. The van der Waals surface area contributed by atoms with Crippen molar-refractivity contribution in [2.75, 3.05) is 19.8 Å². The monoisotopic (exact) mass is 191 g/mol. The van der Waals surface area contributed by atoms with Crippen molar-refractivity contribution >= 4 is 10.2 Å². The quantitative estimate of drug-likeness (QED) is 0.540. The summed E-state index contributed by atoms with van der Waals surface area (Å²) in [5.41, 5.74) is 0. The van der Waals surface area contributed by atoms with Crippen molar-refractivity contribution < 1.29 is 13.2 Å². The van der Waals surface area contributed by atoms with Crippen molar-refractivity contribution in [2.24, 2.45) is 5.14 Å². The lowest BCUT2D eigenvalue weighted by Crippen LogP contribution is -2.50. The van der Waals surface area contributed by atoms with Gasteiger partial charge in [0.25, 0.3) is 10.2 Å². The molecule has 0 radical (unpaired) electrons. The van der Waals surface area contributed by atoms with Crippen molar-refractivity contribution in [1.82, 2.24) is 4.31 Å². The molecule has 1 atom stereocenters. The van der Waals surface area contributed by atoms with Crippen molar-refractivity contribution in [2.45, 2.75) is 6.04 Å². The first-order chi connectivity index (χ1) is 5.55. The Labute approximate surface area is 70.7 Å². The van der Waals surface area contributed by atoms with E-state index in [9.17, 15) is 8.42 Å². The lowest BCUT2D eigenvalue weighted by atomic mass is 10.3. The number of ether oxygens (including phenoxy) is 1. The van der Waals surface area contributed by atoms with Gasteiger partial charge in [-0.25, -0.2) is 5.14 Å². The summed E-state index contributed by atoms with van der Waals surface area (Å²) in [5, 5.41) is 13.4. The third kappa shape index (κ3) is 1.92. The zero-order chi connectivity index (χ0) is 9.19. The summed E-state index contributed by atoms with van der Waals surface area (Å²) >= 11 is 0. The summed E-state index contributed by atoms with van der Waals surface area (Å²) in [6.45, 7) is 0.526. The number of nitriles is 1. The summed E-state index contributed by atoms with van der Waals surface area (Å²) in [6.07, 6.45) is 0. The third-order valence-electron chi connectivity index (χ3n) is 1.56. The average molecular weight is 191 g/mol. The molecule has 7 heteroatoms. The van der Waals surface area contributed by atoms with Gasteiger partial charge in [0.15, 0.2) is 0 Å². The highest BCUT2D eigenvalue weighted by Crippen LogP contribution is 2.08. The van der Waals surface area contributed by atoms with Crippen LogP contribution in [0, 0.1) is 11.3 Å². The molecule has 0 spiro atoms. The van der Waals surface area contributed by atoms with Crippen LogP contribution < -0.4 is 5.14 Å². The first-order valence-electron chi connectivity index (χ1n) is 3.32. The van der Waals surface area contributed by atoms with Crippen LogP contribution in [0.5, 0.6) is 0 Å². The van der Waals surface area contributed by atoms with E-state index in [-0.39, 0.29) is 19.8 Å². The number of morpholine rings is 1.